The molecule has 0 radical (unpaired) electrons. The lowest BCUT2D eigenvalue weighted by molar-refractivity contribution is -0.113. The molecule has 3 aromatic rings. The van der Waals surface area contributed by atoms with Crippen LogP contribution in [0.3, 0.4) is 0 Å². The minimum Gasteiger partial charge on any atom is -0.345 e. The summed E-state index contributed by atoms with van der Waals surface area (Å²) in [7, 11) is 1.81. The molecule has 2 aromatic heterocycles. The standard InChI is InChI=1S/C18H20N6O2S2/c1-11-6-4-5-7-13(11)16(26)19-9-14-22-23-18(24(14)3)27-10-15(25)21-17-20-8-12(2)28-17/h4-8H,9-10H2,1-3H3,(H,19,26)(H,20,21,25). The predicted octanol–water partition coefficient (Wildman–Crippen LogP) is 2.55. The molecule has 8 nitrogen and oxygen atoms in total. The molecule has 0 saturated heterocycles. The summed E-state index contributed by atoms with van der Waals surface area (Å²) in [5, 5.41) is 15.0. The Morgan fingerprint density at radius 3 is 2.71 bits per heavy atom. The van der Waals surface area contributed by atoms with Gasteiger partial charge in [-0.3, -0.25) is 9.59 Å². The lowest BCUT2D eigenvalue weighted by atomic mass is 10.1. The van der Waals surface area contributed by atoms with Crippen LogP contribution in [-0.2, 0) is 18.4 Å². The van der Waals surface area contributed by atoms with Crippen LogP contribution in [0.2, 0.25) is 0 Å². The lowest BCUT2D eigenvalue weighted by Gasteiger charge is -2.07. The first-order chi connectivity index (χ1) is 13.4. The number of aromatic nitrogens is 4. The minimum atomic E-state index is -0.159. The predicted molar refractivity (Wildman–Crippen MR) is 110 cm³/mol. The molecule has 10 heteroatoms. The Hall–Kier alpha value is -2.72. The monoisotopic (exact) mass is 416 g/mol. The summed E-state index contributed by atoms with van der Waals surface area (Å²) in [5.41, 5.74) is 1.55. The zero-order chi connectivity index (χ0) is 20.1. The van der Waals surface area contributed by atoms with Crippen molar-refractivity contribution in [3.63, 3.8) is 0 Å². The molecule has 1 aromatic carbocycles. The molecule has 0 aliphatic heterocycles. The smallest absolute Gasteiger partial charge is 0.251 e. The molecule has 0 saturated carbocycles. The van der Waals surface area contributed by atoms with E-state index < -0.39 is 0 Å². The Labute approximate surface area is 170 Å². The van der Waals surface area contributed by atoms with Crippen molar-refractivity contribution < 1.29 is 9.59 Å². The third-order valence-electron chi connectivity index (χ3n) is 3.92. The van der Waals surface area contributed by atoms with Gasteiger partial charge in [0.05, 0.1) is 12.3 Å². The summed E-state index contributed by atoms with van der Waals surface area (Å²) in [5.74, 6) is 0.491. The second-order valence-corrected chi connectivity index (χ2v) is 8.25. The van der Waals surface area contributed by atoms with E-state index in [1.165, 1.54) is 23.1 Å². The second kappa shape index (κ2) is 8.98. The number of thiazole rings is 1. The molecule has 0 spiro atoms. The number of hydrogen-bond donors (Lipinski definition) is 2. The molecule has 2 amide bonds. The number of hydrogen-bond acceptors (Lipinski definition) is 7. The van der Waals surface area contributed by atoms with E-state index in [0.717, 1.165) is 10.4 Å². The number of nitrogens with zero attached hydrogens (tertiary/aromatic N) is 4. The Morgan fingerprint density at radius 2 is 2.00 bits per heavy atom. The molecule has 146 valence electrons. The van der Waals surface area contributed by atoms with Crippen LogP contribution in [0.4, 0.5) is 5.13 Å². The minimum absolute atomic E-state index is 0.156. The Morgan fingerprint density at radius 1 is 1.21 bits per heavy atom. The summed E-state index contributed by atoms with van der Waals surface area (Å²) in [6.45, 7) is 4.08. The average molecular weight is 417 g/mol. The van der Waals surface area contributed by atoms with E-state index in [1.54, 1.807) is 23.9 Å². The van der Waals surface area contributed by atoms with Gasteiger partial charge in [-0.05, 0) is 25.5 Å². The Kier molecular flexibility index (Phi) is 6.42. The van der Waals surface area contributed by atoms with Crippen LogP contribution in [-0.4, -0.2) is 37.3 Å². The summed E-state index contributed by atoms with van der Waals surface area (Å²) in [4.78, 5) is 29.5. The molecule has 0 atom stereocenters. The SMILES string of the molecule is Cc1cnc(NC(=O)CSc2nnc(CNC(=O)c3ccccc3C)n2C)s1. The highest BCUT2D eigenvalue weighted by atomic mass is 32.2. The van der Waals surface area contributed by atoms with E-state index in [4.69, 9.17) is 0 Å². The normalized spacial score (nSPS) is 10.7. The lowest BCUT2D eigenvalue weighted by Crippen LogP contribution is -2.25. The average Bonchev–Trinajstić information content (AvgIpc) is 3.23. The van der Waals surface area contributed by atoms with Crippen LogP contribution < -0.4 is 10.6 Å². The Balaban J connectivity index is 1.52. The van der Waals surface area contributed by atoms with Gasteiger partial charge in [-0.1, -0.05) is 30.0 Å². The molecule has 2 heterocycles. The van der Waals surface area contributed by atoms with Crippen molar-refractivity contribution in [3.05, 3.63) is 52.3 Å². The molecule has 0 aliphatic carbocycles. The van der Waals surface area contributed by atoms with Crippen molar-refractivity contribution >= 4 is 40.0 Å². The quantitative estimate of drug-likeness (QED) is 0.574. The van der Waals surface area contributed by atoms with Gasteiger partial charge in [-0.15, -0.1) is 21.5 Å². The van der Waals surface area contributed by atoms with Gasteiger partial charge in [0.15, 0.2) is 16.1 Å². The van der Waals surface area contributed by atoms with Gasteiger partial charge in [0.1, 0.15) is 0 Å². The number of rotatable bonds is 7. The number of benzene rings is 1. The van der Waals surface area contributed by atoms with E-state index in [0.29, 0.717) is 21.7 Å². The number of amides is 2. The summed E-state index contributed by atoms with van der Waals surface area (Å²) < 4.78 is 1.77. The molecule has 0 unspecified atom stereocenters. The van der Waals surface area contributed by atoms with Crippen LogP contribution in [0, 0.1) is 13.8 Å². The summed E-state index contributed by atoms with van der Waals surface area (Å²) >= 11 is 2.70. The zero-order valence-corrected chi connectivity index (χ0v) is 17.4. The third-order valence-corrected chi connectivity index (χ3v) is 5.77. The van der Waals surface area contributed by atoms with Crippen molar-refractivity contribution in [1.82, 2.24) is 25.1 Å². The fourth-order valence-electron chi connectivity index (χ4n) is 2.40. The summed E-state index contributed by atoms with van der Waals surface area (Å²) in [6.07, 6.45) is 1.72. The van der Waals surface area contributed by atoms with E-state index in [1.807, 2.05) is 32.0 Å². The molecule has 2 N–H and O–H groups in total. The van der Waals surface area contributed by atoms with Gasteiger partial charge < -0.3 is 15.2 Å². The van der Waals surface area contributed by atoms with E-state index in [2.05, 4.69) is 25.8 Å². The number of anilines is 1. The maximum atomic E-state index is 12.3. The van der Waals surface area contributed by atoms with E-state index in [-0.39, 0.29) is 24.1 Å². The fourth-order valence-corrected chi connectivity index (χ4v) is 3.82. The van der Waals surface area contributed by atoms with Crippen LogP contribution in [0.1, 0.15) is 26.6 Å². The van der Waals surface area contributed by atoms with E-state index >= 15 is 0 Å². The highest BCUT2D eigenvalue weighted by molar-refractivity contribution is 7.99. The highest BCUT2D eigenvalue weighted by Gasteiger charge is 2.14. The number of carbonyl (C=O) groups is 2. The first-order valence-corrected chi connectivity index (χ1v) is 10.3. The van der Waals surface area contributed by atoms with Crippen LogP contribution in [0.5, 0.6) is 0 Å². The van der Waals surface area contributed by atoms with Crippen molar-refractivity contribution in [2.75, 3.05) is 11.1 Å². The number of carbonyl (C=O) groups excluding carboxylic acids is 2. The highest BCUT2D eigenvalue weighted by Crippen LogP contribution is 2.19. The third kappa shape index (κ3) is 4.96. The van der Waals surface area contributed by atoms with Gasteiger partial charge in [-0.25, -0.2) is 4.98 Å². The second-order valence-electron chi connectivity index (χ2n) is 6.07. The van der Waals surface area contributed by atoms with E-state index in [9.17, 15) is 9.59 Å². The van der Waals surface area contributed by atoms with Gasteiger partial charge in [0, 0.05) is 23.7 Å². The molecule has 28 heavy (non-hydrogen) atoms. The van der Waals surface area contributed by atoms with Crippen LogP contribution in [0.25, 0.3) is 0 Å². The van der Waals surface area contributed by atoms with Crippen molar-refractivity contribution in [2.45, 2.75) is 25.5 Å². The maximum Gasteiger partial charge on any atom is 0.251 e. The van der Waals surface area contributed by atoms with Crippen LogP contribution >= 0.6 is 23.1 Å². The molecule has 0 fully saturated rings. The molecule has 0 aliphatic rings. The number of nitrogens with one attached hydrogen (secondary N) is 2. The first kappa shape index (κ1) is 20.0. The molecular formula is C18H20N6O2S2. The first-order valence-electron chi connectivity index (χ1n) is 8.51. The van der Waals surface area contributed by atoms with Crippen molar-refractivity contribution in [2.24, 2.45) is 7.05 Å². The molecule has 0 bridgehead atoms. The van der Waals surface area contributed by atoms with Crippen LogP contribution in [0.15, 0.2) is 35.6 Å². The fraction of sp³-hybridized carbons (Fsp3) is 0.278. The van der Waals surface area contributed by atoms with Gasteiger partial charge in [0.25, 0.3) is 5.91 Å². The van der Waals surface area contributed by atoms with Crippen molar-refractivity contribution in [3.8, 4) is 0 Å². The van der Waals surface area contributed by atoms with Gasteiger partial charge in [0.2, 0.25) is 5.91 Å². The number of aryl methyl sites for hydroxylation is 2. The summed E-state index contributed by atoms with van der Waals surface area (Å²) in [6, 6.07) is 7.40. The molecular weight excluding hydrogens is 396 g/mol. The molecule has 3 rings (SSSR count). The number of thioether (sulfide) groups is 1. The zero-order valence-electron chi connectivity index (χ0n) is 15.7. The van der Waals surface area contributed by atoms with Gasteiger partial charge in [-0.2, -0.15) is 0 Å². The largest absolute Gasteiger partial charge is 0.345 e. The van der Waals surface area contributed by atoms with Crippen molar-refractivity contribution in [1.29, 1.82) is 0 Å². The Bertz CT molecular complexity index is 998. The van der Waals surface area contributed by atoms with Gasteiger partial charge >= 0.3 is 0 Å². The topological polar surface area (TPSA) is 102 Å². The maximum absolute atomic E-state index is 12.3.